The molecule has 0 bridgehead atoms. The molecule has 3 rings (SSSR count). The van der Waals surface area contributed by atoms with Crippen LogP contribution >= 0.6 is 0 Å². The number of hydrogen-bond donors (Lipinski definition) is 1. The highest BCUT2D eigenvalue weighted by atomic mass is 16.6. The number of rotatable bonds is 3. The summed E-state index contributed by atoms with van der Waals surface area (Å²) >= 11 is 0. The summed E-state index contributed by atoms with van der Waals surface area (Å²) in [6, 6.07) is 11.6. The highest BCUT2D eigenvalue weighted by Gasteiger charge is 2.19. The molecule has 2 aromatic rings. The highest BCUT2D eigenvalue weighted by Crippen LogP contribution is 2.24. The summed E-state index contributed by atoms with van der Waals surface area (Å²) in [6.07, 6.45) is 4.36. The van der Waals surface area contributed by atoms with Gasteiger partial charge in [0.2, 0.25) is 0 Å². The number of aryl methyl sites for hydroxylation is 1. The fraction of sp³-hybridized carbons (Fsp3) is 0.263. The molecule has 0 atom stereocenters. The normalized spacial score (nSPS) is 14.2. The third-order valence-corrected chi connectivity index (χ3v) is 4.17. The van der Waals surface area contributed by atoms with Crippen molar-refractivity contribution < 1.29 is 9.53 Å². The largest absolute Gasteiger partial charge is 0.445 e. The molecule has 1 aliphatic rings. The van der Waals surface area contributed by atoms with Gasteiger partial charge in [0.1, 0.15) is 6.61 Å². The lowest BCUT2D eigenvalue weighted by atomic mass is 10.0. The standard InChI is InChI=1S/C19H21N3O2/c1-14-18(20)11-17(12-21-14)16-7-9-22(10-8-16)19(23)24-13-15-5-3-2-4-6-15/h2-7,11-12H,8-10,13,20H2,1H3. The quantitative estimate of drug-likeness (QED) is 0.940. The van der Waals surface area contributed by atoms with Gasteiger partial charge in [-0.2, -0.15) is 0 Å². The first-order chi connectivity index (χ1) is 11.6. The molecule has 1 aliphatic heterocycles. The first-order valence-corrected chi connectivity index (χ1v) is 8.00. The van der Waals surface area contributed by atoms with E-state index in [1.807, 2.05) is 55.6 Å². The Labute approximate surface area is 141 Å². The van der Waals surface area contributed by atoms with Crippen molar-refractivity contribution in [2.45, 2.75) is 20.0 Å². The number of ether oxygens (including phenoxy) is 1. The van der Waals surface area contributed by atoms with Crippen molar-refractivity contribution in [1.82, 2.24) is 9.88 Å². The molecular weight excluding hydrogens is 302 g/mol. The number of nitrogens with zero attached hydrogens (tertiary/aromatic N) is 2. The molecule has 1 aromatic carbocycles. The van der Waals surface area contributed by atoms with E-state index < -0.39 is 0 Å². The van der Waals surface area contributed by atoms with E-state index in [2.05, 4.69) is 4.98 Å². The molecule has 24 heavy (non-hydrogen) atoms. The second-order valence-electron chi connectivity index (χ2n) is 5.86. The minimum atomic E-state index is -0.282. The van der Waals surface area contributed by atoms with Crippen LogP contribution in [0.25, 0.3) is 5.57 Å². The average Bonchev–Trinajstić information content (AvgIpc) is 2.63. The molecule has 0 fully saturated rings. The van der Waals surface area contributed by atoms with Gasteiger partial charge in [0, 0.05) is 19.3 Å². The van der Waals surface area contributed by atoms with E-state index in [0.29, 0.717) is 25.4 Å². The lowest BCUT2D eigenvalue weighted by Gasteiger charge is -2.26. The van der Waals surface area contributed by atoms with Crippen LogP contribution < -0.4 is 5.73 Å². The van der Waals surface area contributed by atoms with Crippen LogP contribution in [0, 0.1) is 6.92 Å². The number of hydrogen-bond acceptors (Lipinski definition) is 4. The Morgan fingerprint density at radius 3 is 2.79 bits per heavy atom. The molecular formula is C19H21N3O2. The summed E-state index contributed by atoms with van der Waals surface area (Å²) < 4.78 is 5.37. The number of nitrogens with two attached hydrogens (primary N) is 1. The summed E-state index contributed by atoms with van der Waals surface area (Å²) in [6.45, 7) is 3.36. The van der Waals surface area contributed by atoms with Crippen LogP contribution in [0.4, 0.5) is 10.5 Å². The van der Waals surface area contributed by atoms with Gasteiger partial charge < -0.3 is 15.4 Å². The first kappa shape index (κ1) is 16.1. The molecule has 2 heterocycles. The van der Waals surface area contributed by atoms with Crippen molar-refractivity contribution in [1.29, 1.82) is 0 Å². The fourth-order valence-corrected chi connectivity index (χ4v) is 2.63. The zero-order chi connectivity index (χ0) is 16.9. The number of nitrogen functional groups attached to an aromatic ring is 1. The molecule has 0 saturated carbocycles. The average molecular weight is 323 g/mol. The van der Waals surface area contributed by atoms with E-state index in [1.165, 1.54) is 5.57 Å². The molecule has 2 N–H and O–H groups in total. The van der Waals surface area contributed by atoms with Gasteiger partial charge in [0.05, 0.1) is 11.4 Å². The number of benzene rings is 1. The summed E-state index contributed by atoms with van der Waals surface area (Å²) in [4.78, 5) is 18.2. The number of amides is 1. The fourth-order valence-electron chi connectivity index (χ4n) is 2.63. The maximum atomic E-state index is 12.2. The smallest absolute Gasteiger partial charge is 0.410 e. The van der Waals surface area contributed by atoms with Crippen LogP contribution in [0.3, 0.4) is 0 Å². The van der Waals surface area contributed by atoms with Crippen LogP contribution in [-0.2, 0) is 11.3 Å². The van der Waals surface area contributed by atoms with Crippen molar-refractivity contribution in [2.24, 2.45) is 0 Å². The number of anilines is 1. The van der Waals surface area contributed by atoms with E-state index >= 15 is 0 Å². The van der Waals surface area contributed by atoms with Crippen LogP contribution in [0.1, 0.15) is 23.2 Å². The molecule has 0 radical (unpaired) electrons. The maximum Gasteiger partial charge on any atom is 0.410 e. The zero-order valence-corrected chi connectivity index (χ0v) is 13.7. The van der Waals surface area contributed by atoms with Gasteiger partial charge in [-0.05, 0) is 36.1 Å². The van der Waals surface area contributed by atoms with Gasteiger partial charge in [-0.3, -0.25) is 4.98 Å². The summed E-state index contributed by atoms with van der Waals surface area (Å²) in [5.41, 5.74) is 10.6. The molecule has 1 aromatic heterocycles. The number of carbonyl (C=O) groups is 1. The summed E-state index contributed by atoms with van der Waals surface area (Å²) in [5.74, 6) is 0. The van der Waals surface area contributed by atoms with E-state index in [-0.39, 0.29) is 6.09 Å². The maximum absolute atomic E-state index is 12.2. The molecule has 1 amide bonds. The van der Waals surface area contributed by atoms with E-state index in [9.17, 15) is 4.79 Å². The predicted octanol–water partition coefficient (Wildman–Crippen LogP) is 3.40. The monoisotopic (exact) mass is 323 g/mol. The van der Waals surface area contributed by atoms with Crippen molar-refractivity contribution in [3.05, 3.63) is 65.5 Å². The zero-order valence-electron chi connectivity index (χ0n) is 13.7. The third kappa shape index (κ3) is 3.74. The lowest BCUT2D eigenvalue weighted by molar-refractivity contribution is 0.0998. The molecule has 124 valence electrons. The molecule has 5 nitrogen and oxygen atoms in total. The van der Waals surface area contributed by atoms with Gasteiger partial charge in [-0.1, -0.05) is 36.4 Å². The van der Waals surface area contributed by atoms with Crippen molar-refractivity contribution in [3.8, 4) is 0 Å². The molecule has 0 unspecified atom stereocenters. The van der Waals surface area contributed by atoms with E-state index in [0.717, 1.165) is 23.2 Å². The Bertz CT molecular complexity index is 756. The SMILES string of the molecule is Cc1ncc(C2=CCN(C(=O)OCc3ccccc3)CC2)cc1N. The summed E-state index contributed by atoms with van der Waals surface area (Å²) in [7, 11) is 0. The Kier molecular flexibility index (Phi) is 4.79. The van der Waals surface area contributed by atoms with Crippen molar-refractivity contribution in [3.63, 3.8) is 0 Å². The first-order valence-electron chi connectivity index (χ1n) is 8.00. The number of aromatic nitrogens is 1. The summed E-state index contributed by atoms with van der Waals surface area (Å²) in [5, 5.41) is 0. The van der Waals surface area contributed by atoms with Crippen LogP contribution in [0.2, 0.25) is 0 Å². The van der Waals surface area contributed by atoms with Gasteiger partial charge in [0.25, 0.3) is 0 Å². The van der Waals surface area contributed by atoms with E-state index in [4.69, 9.17) is 10.5 Å². The van der Waals surface area contributed by atoms with Crippen LogP contribution in [0.15, 0.2) is 48.7 Å². The topological polar surface area (TPSA) is 68.5 Å². The Hall–Kier alpha value is -2.82. The molecule has 0 aliphatic carbocycles. The minimum Gasteiger partial charge on any atom is -0.445 e. The Morgan fingerprint density at radius 1 is 1.33 bits per heavy atom. The lowest BCUT2D eigenvalue weighted by Crippen LogP contribution is -2.35. The molecule has 0 spiro atoms. The van der Waals surface area contributed by atoms with Crippen molar-refractivity contribution in [2.75, 3.05) is 18.8 Å². The molecule has 0 saturated heterocycles. The van der Waals surface area contributed by atoms with Gasteiger partial charge in [-0.25, -0.2) is 4.79 Å². The highest BCUT2D eigenvalue weighted by molar-refractivity contribution is 5.73. The number of pyridine rings is 1. The molecule has 5 heteroatoms. The predicted molar refractivity (Wildman–Crippen MR) is 94.2 cm³/mol. The minimum absolute atomic E-state index is 0.282. The van der Waals surface area contributed by atoms with Crippen LogP contribution in [0.5, 0.6) is 0 Å². The van der Waals surface area contributed by atoms with Crippen molar-refractivity contribution >= 4 is 17.4 Å². The Balaban J connectivity index is 1.58. The second-order valence-corrected chi connectivity index (χ2v) is 5.86. The van der Waals surface area contributed by atoms with Crippen LogP contribution in [-0.4, -0.2) is 29.1 Å². The van der Waals surface area contributed by atoms with Gasteiger partial charge >= 0.3 is 6.09 Å². The number of carbonyl (C=O) groups excluding carboxylic acids is 1. The van der Waals surface area contributed by atoms with E-state index in [1.54, 1.807) is 4.90 Å². The third-order valence-electron chi connectivity index (χ3n) is 4.17. The second kappa shape index (κ2) is 7.17. The van der Waals surface area contributed by atoms with Gasteiger partial charge in [-0.15, -0.1) is 0 Å². The Morgan fingerprint density at radius 2 is 2.12 bits per heavy atom. The van der Waals surface area contributed by atoms with Gasteiger partial charge in [0.15, 0.2) is 0 Å².